The van der Waals surface area contributed by atoms with E-state index in [-0.39, 0.29) is 25.5 Å². The Balaban J connectivity index is 3.05. The van der Waals surface area contributed by atoms with Gasteiger partial charge in [-0.05, 0) is 6.08 Å². The van der Waals surface area contributed by atoms with E-state index in [9.17, 15) is 9.59 Å². The number of carbonyl (C=O) groups excluding carboxylic acids is 1. The zero-order valence-corrected chi connectivity index (χ0v) is 10.9. The highest BCUT2D eigenvalue weighted by molar-refractivity contribution is 5.90. The summed E-state index contributed by atoms with van der Waals surface area (Å²) in [6.45, 7) is 5.83. The predicted molar refractivity (Wildman–Crippen MR) is 68.2 cm³/mol. The third kappa shape index (κ3) is 14.7. The van der Waals surface area contributed by atoms with E-state index in [0.29, 0.717) is 33.0 Å². The number of ketones is 1. The summed E-state index contributed by atoms with van der Waals surface area (Å²) in [4.78, 5) is 20.9. The van der Waals surface area contributed by atoms with E-state index in [1.807, 2.05) is 0 Å². The third-order valence-electron chi connectivity index (χ3n) is 1.92. The van der Waals surface area contributed by atoms with Crippen LogP contribution < -0.4 is 5.32 Å². The maximum atomic E-state index is 10.8. The van der Waals surface area contributed by atoms with Crippen LogP contribution in [0.15, 0.2) is 12.7 Å². The van der Waals surface area contributed by atoms with Gasteiger partial charge in [0.2, 0.25) is 0 Å². The Morgan fingerprint density at radius 2 is 1.63 bits per heavy atom. The molecule has 0 unspecified atom stereocenters. The molecule has 0 aliphatic heterocycles. The number of rotatable bonds is 14. The van der Waals surface area contributed by atoms with Crippen molar-refractivity contribution in [3.05, 3.63) is 12.7 Å². The molecule has 0 saturated carbocycles. The summed E-state index contributed by atoms with van der Waals surface area (Å²) in [5, 5.41) is 11.2. The van der Waals surface area contributed by atoms with Crippen LogP contribution in [0.3, 0.4) is 0 Å². The van der Waals surface area contributed by atoms with Crippen molar-refractivity contribution < 1.29 is 28.9 Å². The highest BCUT2D eigenvalue weighted by atomic mass is 16.5. The minimum atomic E-state index is -0.995. The van der Waals surface area contributed by atoms with E-state index in [2.05, 4.69) is 11.9 Å². The van der Waals surface area contributed by atoms with Crippen LogP contribution in [0.5, 0.6) is 0 Å². The van der Waals surface area contributed by atoms with Gasteiger partial charge in [0.15, 0.2) is 5.78 Å². The average molecular weight is 275 g/mol. The van der Waals surface area contributed by atoms with Gasteiger partial charge in [0.25, 0.3) is 0 Å². The Kier molecular flexibility index (Phi) is 12.3. The molecule has 0 radical (unpaired) electrons. The predicted octanol–water partition coefficient (Wildman–Crippen LogP) is -0.534. The molecule has 0 rings (SSSR count). The molecular weight excluding hydrogens is 254 g/mol. The summed E-state index contributed by atoms with van der Waals surface area (Å²) >= 11 is 0. The van der Waals surface area contributed by atoms with Gasteiger partial charge in [0, 0.05) is 6.54 Å². The molecule has 7 nitrogen and oxygen atoms in total. The second-order valence-electron chi connectivity index (χ2n) is 3.52. The fourth-order valence-corrected chi connectivity index (χ4v) is 1.03. The molecule has 0 amide bonds. The van der Waals surface area contributed by atoms with Gasteiger partial charge in [0.05, 0.1) is 39.6 Å². The molecule has 0 aliphatic carbocycles. The fraction of sp³-hybridized carbons (Fsp3) is 0.667. The summed E-state index contributed by atoms with van der Waals surface area (Å²) in [7, 11) is 0. The molecule has 0 heterocycles. The Morgan fingerprint density at radius 1 is 1.05 bits per heavy atom. The minimum Gasteiger partial charge on any atom is -0.480 e. The summed E-state index contributed by atoms with van der Waals surface area (Å²) in [5.41, 5.74) is 0. The lowest BCUT2D eigenvalue weighted by Gasteiger charge is -2.06. The molecule has 0 aromatic carbocycles. The Bertz CT molecular complexity index is 269. The van der Waals surface area contributed by atoms with Crippen LogP contribution in [0.4, 0.5) is 0 Å². The SMILES string of the molecule is C=CC(=O)CNCCOCCOCCOCC(=O)O. The van der Waals surface area contributed by atoms with Gasteiger partial charge in [-0.3, -0.25) is 4.79 Å². The Morgan fingerprint density at radius 3 is 2.21 bits per heavy atom. The van der Waals surface area contributed by atoms with Gasteiger partial charge in [-0.2, -0.15) is 0 Å². The first-order valence-electron chi connectivity index (χ1n) is 5.98. The van der Waals surface area contributed by atoms with Crippen molar-refractivity contribution in [2.24, 2.45) is 0 Å². The highest BCUT2D eigenvalue weighted by Gasteiger charge is 1.96. The Hall–Kier alpha value is -1.28. The van der Waals surface area contributed by atoms with E-state index in [0.717, 1.165) is 0 Å². The first-order chi connectivity index (χ1) is 9.16. The number of carboxylic acid groups (broad SMARTS) is 1. The summed E-state index contributed by atoms with van der Waals surface area (Å²) in [6.07, 6.45) is 1.27. The van der Waals surface area contributed by atoms with Crippen molar-refractivity contribution in [3.63, 3.8) is 0 Å². The fourth-order valence-electron chi connectivity index (χ4n) is 1.03. The second-order valence-corrected chi connectivity index (χ2v) is 3.52. The molecule has 19 heavy (non-hydrogen) atoms. The number of carbonyl (C=O) groups is 2. The van der Waals surface area contributed by atoms with E-state index >= 15 is 0 Å². The lowest BCUT2D eigenvalue weighted by molar-refractivity contribution is -0.142. The van der Waals surface area contributed by atoms with E-state index in [1.54, 1.807) is 0 Å². The lowest BCUT2D eigenvalue weighted by Crippen LogP contribution is -2.26. The van der Waals surface area contributed by atoms with Crippen molar-refractivity contribution in [1.29, 1.82) is 0 Å². The topological polar surface area (TPSA) is 94.1 Å². The van der Waals surface area contributed by atoms with Crippen molar-refractivity contribution in [1.82, 2.24) is 5.32 Å². The summed E-state index contributed by atoms with van der Waals surface area (Å²) in [5.74, 6) is -1.05. The van der Waals surface area contributed by atoms with Gasteiger partial charge >= 0.3 is 5.97 Å². The number of aliphatic carboxylic acids is 1. The molecule has 0 aromatic rings. The number of ether oxygens (including phenoxy) is 3. The quantitative estimate of drug-likeness (QED) is 0.325. The smallest absolute Gasteiger partial charge is 0.329 e. The van der Waals surface area contributed by atoms with Gasteiger partial charge < -0.3 is 24.6 Å². The lowest BCUT2D eigenvalue weighted by atomic mass is 10.4. The van der Waals surface area contributed by atoms with Crippen LogP contribution in [0.2, 0.25) is 0 Å². The first kappa shape index (κ1) is 17.7. The van der Waals surface area contributed by atoms with Crippen molar-refractivity contribution >= 4 is 11.8 Å². The molecule has 0 fully saturated rings. The number of hydrogen-bond acceptors (Lipinski definition) is 6. The van der Waals surface area contributed by atoms with E-state index in [1.165, 1.54) is 6.08 Å². The zero-order valence-electron chi connectivity index (χ0n) is 10.9. The standard InChI is InChI=1S/C12H21NO6/c1-2-11(14)9-13-3-4-17-5-6-18-7-8-19-10-12(15)16/h2,13H,1,3-10H2,(H,15,16). The average Bonchev–Trinajstić information content (AvgIpc) is 2.39. The molecule has 0 aromatic heterocycles. The van der Waals surface area contributed by atoms with Crippen molar-refractivity contribution in [2.45, 2.75) is 0 Å². The normalized spacial score (nSPS) is 10.3. The molecule has 0 saturated heterocycles. The van der Waals surface area contributed by atoms with Gasteiger partial charge in [0.1, 0.15) is 6.61 Å². The van der Waals surface area contributed by atoms with Crippen LogP contribution in [-0.4, -0.2) is 69.6 Å². The summed E-state index contributed by atoms with van der Waals surface area (Å²) in [6, 6.07) is 0. The molecule has 0 aliphatic rings. The molecule has 110 valence electrons. The molecule has 7 heteroatoms. The molecule has 0 spiro atoms. The van der Waals surface area contributed by atoms with E-state index in [4.69, 9.17) is 19.3 Å². The second kappa shape index (κ2) is 13.2. The van der Waals surface area contributed by atoms with Crippen LogP contribution in [0.25, 0.3) is 0 Å². The molecule has 2 N–H and O–H groups in total. The molecule has 0 atom stereocenters. The third-order valence-corrected chi connectivity index (χ3v) is 1.92. The van der Waals surface area contributed by atoms with Crippen molar-refractivity contribution in [3.8, 4) is 0 Å². The highest BCUT2D eigenvalue weighted by Crippen LogP contribution is 1.81. The zero-order chi connectivity index (χ0) is 14.3. The van der Waals surface area contributed by atoms with Crippen LogP contribution >= 0.6 is 0 Å². The minimum absolute atomic E-state index is 0.0512. The van der Waals surface area contributed by atoms with Crippen LogP contribution in [-0.2, 0) is 23.8 Å². The largest absolute Gasteiger partial charge is 0.480 e. The van der Waals surface area contributed by atoms with Crippen LogP contribution in [0, 0.1) is 0 Å². The maximum absolute atomic E-state index is 10.8. The number of nitrogens with one attached hydrogen (secondary N) is 1. The van der Waals surface area contributed by atoms with Crippen LogP contribution in [0.1, 0.15) is 0 Å². The number of carboxylic acids is 1. The summed E-state index contributed by atoms with van der Waals surface area (Å²) < 4.78 is 15.2. The molecular formula is C12H21NO6. The van der Waals surface area contributed by atoms with E-state index < -0.39 is 5.97 Å². The molecule has 0 bridgehead atoms. The first-order valence-corrected chi connectivity index (χ1v) is 5.98. The maximum Gasteiger partial charge on any atom is 0.329 e. The monoisotopic (exact) mass is 275 g/mol. The number of hydrogen-bond donors (Lipinski definition) is 2. The Labute approximate surface area is 112 Å². The van der Waals surface area contributed by atoms with Gasteiger partial charge in [-0.1, -0.05) is 6.58 Å². The van der Waals surface area contributed by atoms with Crippen molar-refractivity contribution in [2.75, 3.05) is 52.7 Å². The van der Waals surface area contributed by atoms with Gasteiger partial charge in [-0.25, -0.2) is 4.79 Å². The van der Waals surface area contributed by atoms with Gasteiger partial charge in [-0.15, -0.1) is 0 Å².